The lowest BCUT2D eigenvalue weighted by atomic mass is 10.0. The first kappa shape index (κ1) is 32.5. The van der Waals surface area contributed by atoms with E-state index in [2.05, 4.69) is 17.2 Å². The Labute approximate surface area is 205 Å². The summed E-state index contributed by atoms with van der Waals surface area (Å²) in [5.74, 6) is 1.05. The Morgan fingerprint density at radius 3 is 0.875 bits per heavy atom. The topological polar surface area (TPSA) is 66.8 Å². The van der Waals surface area contributed by atoms with Crippen LogP contribution >= 0.6 is 20.5 Å². The predicted octanol–water partition coefficient (Wildman–Crippen LogP) is 9.39. The van der Waals surface area contributed by atoms with Gasteiger partial charge in [-0.2, -0.15) is 12.6 Å². The molecule has 0 heterocycles. The van der Waals surface area contributed by atoms with Crippen LogP contribution in [-0.4, -0.2) is 22.1 Å². The summed E-state index contributed by atoms with van der Waals surface area (Å²) < 4.78 is 15.0. The second-order valence-corrected chi connectivity index (χ2v) is 11.2. The van der Waals surface area contributed by atoms with E-state index in [-0.39, 0.29) is 6.61 Å². The zero-order valence-corrected chi connectivity index (χ0v) is 22.8. The van der Waals surface area contributed by atoms with Crippen LogP contribution in [0.3, 0.4) is 0 Å². The first-order valence-corrected chi connectivity index (χ1v) is 16.0. The molecular weight excluding hydrogens is 439 g/mol. The Morgan fingerprint density at radius 1 is 0.438 bits per heavy atom. The molecule has 194 valence electrons. The van der Waals surface area contributed by atoms with Crippen molar-refractivity contribution in [2.24, 2.45) is 0 Å². The molecule has 0 fully saturated rings. The zero-order chi connectivity index (χ0) is 23.6. The Balaban J connectivity index is 3.03. The molecule has 0 bridgehead atoms. The fourth-order valence-corrected chi connectivity index (χ4v) is 4.88. The summed E-state index contributed by atoms with van der Waals surface area (Å²) in [5, 5.41) is 0. The van der Waals surface area contributed by atoms with E-state index >= 15 is 0 Å². The Kier molecular flexibility index (Phi) is 26.4. The second kappa shape index (κ2) is 26.1. The van der Waals surface area contributed by atoms with Crippen molar-refractivity contribution in [3.05, 3.63) is 0 Å². The number of thiol groups is 1. The molecule has 0 rings (SSSR count). The van der Waals surface area contributed by atoms with Crippen molar-refractivity contribution in [1.82, 2.24) is 0 Å². The molecule has 32 heavy (non-hydrogen) atoms. The minimum Gasteiger partial charge on any atom is -0.303 e. The third-order valence-electron chi connectivity index (χ3n) is 6.31. The Bertz CT molecular complexity index is 403. The Hall–Kier alpha value is 0.460. The minimum atomic E-state index is -4.27. The van der Waals surface area contributed by atoms with Crippen molar-refractivity contribution < 1.29 is 18.9 Å². The van der Waals surface area contributed by atoms with E-state index in [0.717, 1.165) is 25.0 Å². The highest BCUT2D eigenvalue weighted by atomic mass is 32.1. The maximum Gasteiger partial charge on any atom is 0.469 e. The SMILES string of the molecule is O=P(O)(O)OCCCCCCCCCCCCCCCCCCCCCCCCCCS. The zero-order valence-electron chi connectivity index (χ0n) is 21.0. The van der Waals surface area contributed by atoms with Gasteiger partial charge >= 0.3 is 7.82 Å². The lowest BCUT2D eigenvalue weighted by molar-refractivity contribution is 0.193. The van der Waals surface area contributed by atoms with Crippen LogP contribution in [0.2, 0.25) is 0 Å². The molecule has 0 aliphatic rings. The van der Waals surface area contributed by atoms with Crippen molar-refractivity contribution >= 4 is 20.5 Å². The van der Waals surface area contributed by atoms with Gasteiger partial charge < -0.3 is 9.79 Å². The first-order chi connectivity index (χ1) is 15.6. The highest BCUT2D eigenvalue weighted by Gasteiger charge is 2.12. The summed E-state index contributed by atoms with van der Waals surface area (Å²) in [7, 11) is -4.27. The lowest BCUT2D eigenvalue weighted by Gasteiger charge is -2.05. The molecule has 4 nitrogen and oxygen atoms in total. The second-order valence-electron chi connectivity index (χ2n) is 9.53. The quantitative estimate of drug-likeness (QED) is 0.0604. The van der Waals surface area contributed by atoms with Crippen LogP contribution in [0.1, 0.15) is 154 Å². The summed E-state index contributed by atoms with van der Waals surface area (Å²) in [6, 6.07) is 0. The van der Waals surface area contributed by atoms with E-state index in [1.807, 2.05) is 0 Å². The maximum atomic E-state index is 10.5. The van der Waals surface area contributed by atoms with Gasteiger partial charge in [0.25, 0.3) is 0 Å². The summed E-state index contributed by atoms with van der Waals surface area (Å²) in [5.41, 5.74) is 0. The third kappa shape index (κ3) is 30.5. The fraction of sp³-hybridized carbons (Fsp3) is 1.00. The molecule has 0 spiro atoms. The van der Waals surface area contributed by atoms with E-state index in [9.17, 15) is 4.57 Å². The molecule has 0 aromatic carbocycles. The number of hydrogen-bond donors (Lipinski definition) is 3. The van der Waals surface area contributed by atoms with Gasteiger partial charge in [-0.1, -0.05) is 141 Å². The number of rotatable bonds is 27. The van der Waals surface area contributed by atoms with Gasteiger partial charge in [0, 0.05) is 0 Å². The highest BCUT2D eigenvalue weighted by molar-refractivity contribution is 7.80. The lowest BCUT2D eigenvalue weighted by Crippen LogP contribution is -1.92. The van der Waals surface area contributed by atoms with E-state index < -0.39 is 7.82 Å². The average Bonchev–Trinajstić information content (AvgIpc) is 2.75. The van der Waals surface area contributed by atoms with Crippen molar-refractivity contribution in [3.63, 3.8) is 0 Å². The molecule has 2 N–H and O–H groups in total. The normalized spacial score (nSPS) is 12.0. The molecule has 0 unspecified atom stereocenters. The predicted molar refractivity (Wildman–Crippen MR) is 143 cm³/mol. The Morgan fingerprint density at radius 2 is 0.656 bits per heavy atom. The molecule has 0 saturated heterocycles. The monoisotopic (exact) mass is 494 g/mol. The summed E-state index contributed by atoms with van der Waals surface area (Å²) >= 11 is 4.26. The molecule has 0 saturated carbocycles. The number of hydrogen-bond acceptors (Lipinski definition) is 3. The van der Waals surface area contributed by atoms with E-state index in [0.29, 0.717) is 0 Å². The minimum absolute atomic E-state index is 0.169. The van der Waals surface area contributed by atoms with E-state index in [1.54, 1.807) is 0 Å². The first-order valence-electron chi connectivity index (χ1n) is 13.9. The van der Waals surface area contributed by atoms with Crippen molar-refractivity contribution in [2.75, 3.05) is 12.4 Å². The van der Waals surface area contributed by atoms with Crippen LogP contribution in [0.4, 0.5) is 0 Å². The molecular formula is C26H55O4PS. The van der Waals surface area contributed by atoms with Gasteiger partial charge in [-0.3, -0.25) is 4.52 Å². The van der Waals surface area contributed by atoms with Gasteiger partial charge in [-0.15, -0.1) is 0 Å². The average molecular weight is 495 g/mol. The van der Waals surface area contributed by atoms with Gasteiger partial charge in [0.05, 0.1) is 6.61 Å². The van der Waals surface area contributed by atoms with Crippen LogP contribution in [0.15, 0.2) is 0 Å². The van der Waals surface area contributed by atoms with E-state index in [1.165, 1.54) is 135 Å². The number of unbranched alkanes of at least 4 members (excludes halogenated alkanes) is 23. The molecule has 0 aliphatic heterocycles. The van der Waals surface area contributed by atoms with Crippen LogP contribution in [0, 0.1) is 0 Å². The molecule has 0 aromatic heterocycles. The maximum absolute atomic E-state index is 10.5. The molecule has 6 heteroatoms. The van der Waals surface area contributed by atoms with Crippen LogP contribution in [0.25, 0.3) is 0 Å². The van der Waals surface area contributed by atoms with Crippen LogP contribution in [-0.2, 0) is 9.09 Å². The summed E-state index contributed by atoms with van der Waals surface area (Å²) in [6.45, 7) is 0.169. The van der Waals surface area contributed by atoms with Crippen LogP contribution in [0.5, 0.6) is 0 Å². The smallest absolute Gasteiger partial charge is 0.303 e. The number of phosphoric ester groups is 1. The largest absolute Gasteiger partial charge is 0.469 e. The molecule has 0 aromatic rings. The van der Waals surface area contributed by atoms with Crippen molar-refractivity contribution in [3.8, 4) is 0 Å². The summed E-state index contributed by atoms with van der Waals surface area (Å²) in [6.07, 6.45) is 32.1. The van der Waals surface area contributed by atoms with Crippen LogP contribution < -0.4 is 0 Å². The molecule has 0 aliphatic carbocycles. The van der Waals surface area contributed by atoms with E-state index in [4.69, 9.17) is 9.79 Å². The van der Waals surface area contributed by atoms with Gasteiger partial charge in [0.15, 0.2) is 0 Å². The fourth-order valence-electron chi connectivity index (χ4n) is 4.29. The van der Waals surface area contributed by atoms with Gasteiger partial charge in [0.2, 0.25) is 0 Å². The standard InChI is InChI=1S/C26H55O4PS/c27-31(28,29)30-25-23-21-19-17-15-13-11-9-7-5-3-1-2-4-6-8-10-12-14-16-18-20-22-24-26-32/h32H,1-26H2,(H2,27,28,29). The highest BCUT2D eigenvalue weighted by Crippen LogP contribution is 2.35. The molecule has 0 amide bonds. The summed E-state index contributed by atoms with van der Waals surface area (Å²) in [4.78, 5) is 17.2. The third-order valence-corrected chi connectivity index (χ3v) is 7.15. The molecule has 0 atom stereocenters. The van der Waals surface area contributed by atoms with Crippen molar-refractivity contribution in [2.45, 2.75) is 154 Å². The van der Waals surface area contributed by atoms with Gasteiger partial charge in [0.1, 0.15) is 0 Å². The van der Waals surface area contributed by atoms with Crippen molar-refractivity contribution in [1.29, 1.82) is 0 Å². The molecule has 0 radical (unpaired) electrons. The van der Waals surface area contributed by atoms with Gasteiger partial charge in [-0.05, 0) is 18.6 Å². The van der Waals surface area contributed by atoms with Gasteiger partial charge in [-0.25, -0.2) is 4.57 Å². The number of phosphoric acid groups is 1.